The lowest BCUT2D eigenvalue weighted by Crippen LogP contribution is -2.26. The smallest absolute Gasteiger partial charge is 0.307 e. The van der Waals surface area contributed by atoms with Gasteiger partial charge in [0.25, 0.3) is 5.91 Å². The van der Waals surface area contributed by atoms with Crippen molar-refractivity contribution in [2.24, 2.45) is 5.41 Å². The van der Waals surface area contributed by atoms with Crippen molar-refractivity contribution in [2.75, 3.05) is 13.7 Å². The van der Waals surface area contributed by atoms with Gasteiger partial charge in [0, 0.05) is 12.1 Å². The number of esters is 1. The molecule has 1 N–H and O–H groups in total. The summed E-state index contributed by atoms with van der Waals surface area (Å²) >= 11 is 0. The van der Waals surface area contributed by atoms with E-state index in [1.807, 2.05) is 24.3 Å². The zero-order chi connectivity index (χ0) is 29.4. The van der Waals surface area contributed by atoms with E-state index < -0.39 is 0 Å². The highest BCUT2D eigenvalue weighted by molar-refractivity contribution is 5.94. The molecule has 0 spiro atoms. The number of carbonyl (C=O) groups excluding carboxylic acids is 2. The van der Waals surface area contributed by atoms with Crippen LogP contribution in [-0.2, 0) is 9.53 Å². The Balaban J connectivity index is 1.81. The van der Waals surface area contributed by atoms with Crippen LogP contribution in [0.5, 0.6) is 5.75 Å². The Morgan fingerprint density at radius 1 is 0.875 bits per heavy atom. The van der Waals surface area contributed by atoms with E-state index in [9.17, 15) is 9.59 Å². The average Bonchev–Trinajstić information content (AvgIpc) is 2.90. The van der Waals surface area contributed by atoms with E-state index in [2.05, 4.69) is 94.9 Å². The van der Waals surface area contributed by atoms with Gasteiger partial charge in [-0.3, -0.25) is 9.59 Å². The second-order valence-electron chi connectivity index (χ2n) is 12.1. The topological polar surface area (TPSA) is 64.6 Å². The molecule has 0 saturated heterocycles. The SMILES string of the molecule is COC(=O)CCNC(=O)c1ccc(C(CCC(C)(C)C)Oc2cc(C)c(-c3ccc(C(C)C)cc3)c(C)c2)cc1. The average molecular weight is 544 g/mol. The third-order valence-corrected chi connectivity index (χ3v) is 7.19. The fraction of sp³-hybridized carbons (Fsp3) is 0.429. The second-order valence-corrected chi connectivity index (χ2v) is 12.1. The highest BCUT2D eigenvalue weighted by Gasteiger charge is 2.20. The minimum Gasteiger partial charge on any atom is -0.486 e. The van der Waals surface area contributed by atoms with E-state index in [0.717, 1.165) is 24.2 Å². The molecule has 3 rings (SSSR count). The van der Waals surface area contributed by atoms with Gasteiger partial charge >= 0.3 is 5.97 Å². The number of rotatable bonds is 11. The molecule has 40 heavy (non-hydrogen) atoms. The Hall–Kier alpha value is -3.60. The Morgan fingerprint density at radius 2 is 1.45 bits per heavy atom. The zero-order valence-corrected chi connectivity index (χ0v) is 25.4. The van der Waals surface area contributed by atoms with Crippen molar-refractivity contribution in [3.63, 3.8) is 0 Å². The molecule has 1 unspecified atom stereocenters. The Labute approximate surface area is 240 Å². The number of ether oxygens (including phenoxy) is 2. The van der Waals surface area contributed by atoms with Crippen molar-refractivity contribution in [3.05, 3.63) is 88.5 Å². The number of hydrogen-bond donors (Lipinski definition) is 1. The molecule has 3 aromatic rings. The van der Waals surface area contributed by atoms with Crippen LogP contribution in [0.15, 0.2) is 60.7 Å². The molecule has 0 radical (unpaired) electrons. The third kappa shape index (κ3) is 8.70. The molecule has 0 aliphatic rings. The van der Waals surface area contributed by atoms with Crippen LogP contribution in [0.2, 0.25) is 0 Å². The van der Waals surface area contributed by atoms with Crippen molar-refractivity contribution in [3.8, 4) is 16.9 Å². The summed E-state index contributed by atoms with van der Waals surface area (Å²) in [5, 5.41) is 2.77. The van der Waals surface area contributed by atoms with Gasteiger partial charge in [0.1, 0.15) is 11.9 Å². The summed E-state index contributed by atoms with van der Waals surface area (Å²) < 4.78 is 11.3. The first kappa shape index (κ1) is 30.9. The van der Waals surface area contributed by atoms with Gasteiger partial charge in [-0.05, 0) is 95.7 Å². The maximum absolute atomic E-state index is 12.5. The number of benzene rings is 3. The Morgan fingerprint density at radius 3 is 1.98 bits per heavy atom. The van der Waals surface area contributed by atoms with E-state index in [0.29, 0.717) is 11.5 Å². The molecule has 0 heterocycles. The predicted molar refractivity (Wildman–Crippen MR) is 163 cm³/mol. The Kier molecular flexibility index (Phi) is 10.6. The zero-order valence-electron chi connectivity index (χ0n) is 25.4. The van der Waals surface area contributed by atoms with Crippen molar-refractivity contribution in [1.29, 1.82) is 0 Å². The summed E-state index contributed by atoms with van der Waals surface area (Å²) in [7, 11) is 1.34. The molecule has 214 valence electrons. The number of carbonyl (C=O) groups is 2. The molecular weight excluding hydrogens is 498 g/mol. The maximum atomic E-state index is 12.5. The highest BCUT2D eigenvalue weighted by atomic mass is 16.5. The van der Waals surface area contributed by atoms with Gasteiger partial charge in [-0.15, -0.1) is 0 Å². The minimum atomic E-state index is -0.350. The summed E-state index contributed by atoms with van der Waals surface area (Å²) in [5.41, 5.74) is 7.90. The first-order valence-corrected chi connectivity index (χ1v) is 14.2. The number of nitrogens with one attached hydrogen (secondary N) is 1. The summed E-state index contributed by atoms with van der Waals surface area (Å²) in [5.74, 6) is 0.788. The molecule has 3 aromatic carbocycles. The van der Waals surface area contributed by atoms with Gasteiger partial charge in [0.05, 0.1) is 13.5 Å². The van der Waals surface area contributed by atoms with Gasteiger partial charge in [-0.25, -0.2) is 0 Å². The molecule has 0 aliphatic carbocycles. The summed E-state index contributed by atoms with van der Waals surface area (Å²) in [6.45, 7) is 15.7. The lowest BCUT2D eigenvalue weighted by Gasteiger charge is -2.25. The maximum Gasteiger partial charge on any atom is 0.307 e. The van der Waals surface area contributed by atoms with Crippen LogP contribution in [0.4, 0.5) is 0 Å². The molecule has 0 aromatic heterocycles. The van der Waals surface area contributed by atoms with Gasteiger partial charge in [0.2, 0.25) is 0 Å². The molecule has 0 saturated carbocycles. The summed E-state index contributed by atoms with van der Waals surface area (Å²) in [4.78, 5) is 23.8. The van der Waals surface area contributed by atoms with Crippen LogP contribution in [-0.4, -0.2) is 25.5 Å². The molecule has 0 aliphatic heterocycles. The van der Waals surface area contributed by atoms with Gasteiger partial charge in [0.15, 0.2) is 0 Å². The van der Waals surface area contributed by atoms with E-state index in [-0.39, 0.29) is 36.4 Å². The number of aryl methyl sites for hydroxylation is 2. The number of amides is 1. The number of methoxy groups -OCH3 is 1. The lowest BCUT2D eigenvalue weighted by molar-refractivity contribution is -0.140. The first-order valence-electron chi connectivity index (χ1n) is 14.2. The molecular formula is C35H45NO4. The van der Waals surface area contributed by atoms with Crippen molar-refractivity contribution in [1.82, 2.24) is 5.32 Å². The molecule has 5 nitrogen and oxygen atoms in total. The van der Waals surface area contributed by atoms with Crippen molar-refractivity contribution in [2.45, 2.75) is 79.8 Å². The monoisotopic (exact) mass is 543 g/mol. The third-order valence-electron chi connectivity index (χ3n) is 7.19. The summed E-state index contributed by atoms with van der Waals surface area (Å²) in [6.07, 6.45) is 1.84. The van der Waals surface area contributed by atoms with E-state index in [4.69, 9.17) is 4.74 Å². The molecule has 1 amide bonds. The molecule has 5 heteroatoms. The van der Waals surface area contributed by atoms with E-state index in [1.54, 1.807) is 0 Å². The molecule has 0 bridgehead atoms. The van der Waals surface area contributed by atoms with Crippen LogP contribution >= 0.6 is 0 Å². The largest absolute Gasteiger partial charge is 0.486 e. The van der Waals surface area contributed by atoms with Crippen LogP contribution < -0.4 is 10.1 Å². The van der Waals surface area contributed by atoms with Crippen LogP contribution in [0, 0.1) is 19.3 Å². The van der Waals surface area contributed by atoms with Crippen LogP contribution in [0.1, 0.15) is 98.5 Å². The van der Waals surface area contributed by atoms with Crippen LogP contribution in [0.25, 0.3) is 11.1 Å². The molecule has 0 fully saturated rings. The van der Waals surface area contributed by atoms with E-state index >= 15 is 0 Å². The lowest BCUT2D eigenvalue weighted by atomic mass is 9.87. The predicted octanol–water partition coefficient (Wildman–Crippen LogP) is 8.33. The van der Waals surface area contributed by atoms with Gasteiger partial charge in [-0.2, -0.15) is 0 Å². The fourth-order valence-electron chi connectivity index (χ4n) is 4.84. The summed E-state index contributed by atoms with van der Waals surface area (Å²) in [6, 6.07) is 20.7. The minimum absolute atomic E-state index is 0.143. The Bertz CT molecular complexity index is 1260. The van der Waals surface area contributed by atoms with Crippen molar-refractivity contribution >= 4 is 11.9 Å². The van der Waals surface area contributed by atoms with E-state index in [1.165, 1.54) is 34.9 Å². The standard InChI is InChI=1S/C35H45NO4/c1-23(2)26-9-13-28(14-10-26)33-24(3)21-30(22-25(33)4)40-31(17-19-35(5,6)7)27-11-15-29(16-12-27)34(38)36-20-18-32(37)39-8/h9-16,21-23,31H,17-20H2,1-8H3,(H,36,38). The quantitative estimate of drug-likeness (QED) is 0.247. The molecule has 1 atom stereocenters. The van der Waals surface area contributed by atoms with Crippen molar-refractivity contribution < 1.29 is 19.1 Å². The van der Waals surface area contributed by atoms with Gasteiger partial charge < -0.3 is 14.8 Å². The fourth-order valence-corrected chi connectivity index (χ4v) is 4.84. The first-order chi connectivity index (χ1) is 18.9. The normalized spacial score (nSPS) is 12.2. The van der Waals surface area contributed by atoms with Gasteiger partial charge in [-0.1, -0.05) is 71.0 Å². The highest BCUT2D eigenvalue weighted by Crippen LogP contribution is 2.36. The second kappa shape index (κ2) is 13.6. The number of hydrogen-bond acceptors (Lipinski definition) is 4. The van der Waals surface area contributed by atoms with Crippen LogP contribution in [0.3, 0.4) is 0 Å².